The molecule has 3 atom stereocenters. The third-order valence-corrected chi connectivity index (χ3v) is 1.69. The van der Waals surface area contributed by atoms with Crippen LogP contribution in [0.5, 0.6) is 0 Å². The molecule has 0 aliphatic carbocycles. The van der Waals surface area contributed by atoms with E-state index < -0.39 is 18.3 Å². The molecule has 0 aromatic rings. The van der Waals surface area contributed by atoms with Gasteiger partial charge in [0.05, 0.1) is 24.4 Å². The van der Waals surface area contributed by atoms with Crippen LogP contribution in [0.2, 0.25) is 0 Å². The fourth-order valence-corrected chi connectivity index (χ4v) is 1.05. The van der Waals surface area contributed by atoms with E-state index in [0.717, 1.165) is 0 Å². The lowest BCUT2D eigenvalue weighted by atomic mass is 10.1. The number of nitrogens with one attached hydrogen (secondary N) is 1. The highest BCUT2D eigenvalue weighted by Gasteiger charge is 2.19. The molecule has 0 aliphatic rings. The molecule has 3 unspecified atom stereocenters. The largest absolute Gasteiger partial charge is 0.392 e. The lowest BCUT2D eigenvalue weighted by Gasteiger charge is -2.24. The highest BCUT2D eigenvalue weighted by atomic mass is 16.3. The van der Waals surface area contributed by atoms with E-state index in [9.17, 15) is 10.2 Å². The first-order valence-corrected chi connectivity index (χ1v) is 4.22. The smallest absolute Gasteiger partial charge is 0.0690 e. The number of aliphatic hydroxyl groups excluding tert-OH is 3. The summed E-state index contributed by atoms with van der Waals surface area (Å²) >= 11 is 0. The Morgan fingerprint density at radius 2 is 1.42 bits per heavy atom. The third-order valence-electron chi connectivity index (χ3n) is 1.69. The van der Waals surface area contributed by atoms with Crippen LogP contribution in [-0.4, -0.2) is 46.2 Å². The summed E-state index contributed by atoms with van der Waals surface area (Å²) in [4.78, 5) is 0. The number of aliphatic hydroxyl groups is 3. The first-order valence-electron chi connectivity index (χ1n) is 4.22. The summed E-state index contributed by atoms with van der Waals surface area (Å²) in [6.45, 7) is 5.23. The van der Waals surface area contributed by atoms with Crippen molar-refractivity contribution < 1.29 is 15.3 Å². The molecule has 0 bridgehead atoms. The Bertz CT molecular complexity index is 107. The molecule has 0 aliphatic heterocycles. The second-order valence-corrected chi connectivity index (χ2v) is 3.26. The Morgan fingerprint density at radius 3 is 1.67 bits per heavy atom. The monoisotopic (exact) mass is 177 g/mol. The van der Waals surface area contributed by atoms with Gasteiger partial charge >= 0.3 is 0 Å². The minimum atomic E-state index is -0.622. The predicted molar refractivity (Wildman–Crippen MR) is 46.8 cm³/mol. The lowest BCUT2D eigenvalue weighted by Crippen LogP contribution is -2.48. The van der Waals surface area contributed by atoms with Crippen molar-refractivity contribution in [2.75, 3.05) is 6.54 Å². The molecule has 0 saturated heterocycles. The van der Waals surface area contributed by atoms with Crippen LogP contribution in [0, 0.1) is 0 Å². The van der Waals surface area contributed by atoms with Crippen LogP contribution in [0.3, 0.4) is 0 Å². The summed E-state index contributed by atoms with van der Waals surface area (Å²) in [5.74, 6) is 0. The molecule has 12 heavy (non-hydrogen) atoms. The Hall–Kier alpha value is -0.160. The third kappa shape index (κ3) is 4.66. The van der Waals surface area contributed by atoms with Gasteiger partial charge in [-0.1, -0.05) is 0 Å². The average Bonchev–Trinajstić information content (AvgIpc) is 1.84. The molecular weight excluding hydrogens is 158 g/mol. The quantitative estimate of drug-likeness (QED) is 0.438. The topological polar surface area (TPSA) is 72.7 Å². The van der Waals surface area contributed by atoms with E-state index in [4.69, 9.17) is 5.11 Å². The lowest BCUT2D eigenvalue weighted by molar-refractivity contribution is 0.0500. The van der Waals surface area contributed by atoms with Crippen LogP contribution in [0.4, 0.5) is 0 Å². The number of rotatable bonds is 5. The highest BCUT2D eigenvalue weighted by Crippen LogP contribution is 1.98. The molecule has 0 saturated carbocycles. The van der Waals surface area contributed by atoms with Gasteiger partial charge in [0.15, 0.2) is 0 Å². The van der Waals surface area contributed by atoms with E-state index in [-0.39, 0.29) is 6.04 Å². The van der Waals surface area contributed by atoms with Crippen molar-refractivity contribution in [1.82, 2.24) is 5.32 Å². The minimum Gasteiger partial charge on any atom is -0.392 e. The molecule has 0 aromatic heterocycles. The predicted octanol–water partition coefficient (Wildman–Crippen LogP) is -0.913. The van der Waals surface area contributed by atoms with Gasteiger partial charge in [0.1, 0.15) is 0 Å². The molecule has 74 valence electrons. The molecule has 4 heteroatoms. The molecule has 0 radical (unpaired) electrons. The normalized spacial score (nSPS) is 21.5. The van der Waals surface area contributed by atoms with E-state index in [1.165, 1.54) is 0 Å². The maximum absolute atomic E-state index is 9.19. The van der Waals surface area contributed by atoms with Crippen LogP contribution in [0.15, 0.2) is 0 Å². The number of hydrogen-bond donors (Lipinski definition) is 4. The van der Waals surface area contributed by atoms with Gasteiger partial charge in [-0.05, 0) is 20.8 Å². The average molecular weight is 177 g/mol. The van der Waals surface area contributed by atoms with Gasteiger partial charge in [0.25, 0.3) is 0 Å². The molecule has 0 rings (SSSR count). The first-order chi connectivity index (χ1) is 5.45. The standard InChI is InChI=1S/C8H19NO3/c1-5(10)4-9-8(6(2)11)7(3)12/h5-12H,4H2,1-3H3. The summed E-state index contributed by atoms with van der Waals surface area (Å²) in [5.41, 5.74) is 0. The van der Waals surface area contributed by atoms with Crippen molar-refractivity contribution in [3.63, 3.8) is 0 Å². The van der Waals surface area contributed by atoms with Crippen molar-refractivity contribution in [1.29, 1.82) is 0 Å². The van der Waals surface area contributed by atoms with Gasteiger partial charge in [-0.15, -0.1) is 0 Å². The first kappa shape index (κ1) is 11.8. The fourth-order valence-electron chi connectivity index (χ4n) is 1.05. The highest BCUT2D eigenvalue weighted by molar-refractivity contribution is 4.78. The molecule has 4 N–H and O–H groups in total. The minimum absolute atomic E-state index is 0.375. The molecule has 0 amide bonds. The van der Waals surface area contributed by atoms with Gasteiger partial charge in [0.2, 0.25) is 0 Å². The molecule has 4 nitrogen and oxygen atoms in total. The van der Waals surface area contributed by atoms with Crippen molar-refractivity contribution in [3.8, 4) is 0 Å². The summed E-state index contributed by atoms with van der Waals surface area (Å²) in [7, 11) is 0. The Labute approximate surface area is 73.2 Å². The van der Waals surface area contributed by atoms with Crippen molar-refractivity contribution in [3.05, 3.63) is 0 Å². The van der Waals surface area contributed by atoms with E-state index in [0.29, 0.717) is 6.54 Å². The molecule has 0 heterocycles. The van der Waals surface area contributed by atoms with Crippen LogP contribution in [0.25, 0.3) is 0 Å². The van der Waals surface area contributed by atoms with Gasteiger partial charge in [0, 0.05) is 6.54 Å². The van der Waals surface area contributed by atoms with Gasteiger partial charge in [-0.25, -0.2) is 0 Å². The van der Waals surface area contributed by atoms with Crippen molar-refractivity contribution in [2.24, 2.45) is 0 Å². The van der Waals surface area contributed by atoms with E-state index in [1.54, 1.807) is 20.8 Å². The second-order valence-electron chi connectivity index (χ2n) is 3.26. The SMILES string of the molecule is CC(O)CNC(C(C)O)C(C)O. The van der Waals surface area contributed by atoms with Crippen LogP contribution < -0.4 is 5.32 Å². The Balaban J connectivity index is 3.80. The zero-order valence-corrected chi connectivity index (χ0v) is 7.86. The summed E-state index contributed by atoms with van der Waals surface area (Å²) in [6, 6.07) is -0.375. The van der Waals surface area contributed by atoms with Crippen LogP contribution in [-0.2, 0) is 0 Å². The maximum Gasteiger partial charge on any atom is 0.0690 e. The van der Waals surface area contributed by atoms with Gasteiger partial charge in [-0.3, -0.25) is 0 Å². The van der Waals surface area contributed by atoms with Gasteiger partial charge < -0.3 is 20.6 Å². The second kappa shape index (κ2) is 5.48. The van der Waals surface area contributed by atoms with E-state index >= 15 is 0 Å². The molecule has 0 aromatic carbocycles. The Morgan fingerprint density at radius 1 is 1.00 bits per heavy atom. The summed E-state index contributed by atoms with van der Waals surface area (Å²) in [5, 5.41) is 30.2. The maximum atomic E-state index is 9.19. The molecule has 0 spiro atoms. The van der Waals surface area contributed by atoms with Crippen LogP contribution in [0.1, 0.15) is 20.8 Å². The summed E-state index contributed by atoms with van der Waals surface area (Å²) < 4.78 is 0. The number of hydrogen-bond acceptors (Lipinski definition) is 4. The van der Waals surface area contributed by atoms with Gasteiger partial charge in [-0.2, -0.15) is 0 Å². The van der Waals surface area contributed by atoms with Crippen LogP contribution >= 0.6 is 0 Å². The van der Waals surface area contributed by atoms with Crippen molar-refractivity contribution in [2.45, 2.75) is 45.1 Å². The zero-order valence-electron chi connectivity index (χ0n) is 7.86. The Kier molecular flexibility index (Phi) is 5.41. The van der Waals surface area contributed by atoms with Crippen molar-refractivity contribution >= 4 is 0 Å². The molecular formula is C8H19NO3. The van der Waals surface area contributed by atoms with E-state index in [1.807, 2.05) is 0 Å². The van der Waals surface area contributed by atoms with E-state index in [2.05, 4.69) is 5.32 Å². The molecule has 0 fully saturated rings. The summed E-state index contributed by atoms with van der Waals surface area (Å²) in [6.07, 6.45) is -1.71. The zero-order chi connectivity index (χ0) is 9.72. The fraction of sp³-hybridized carbons (Fsp3) is 1.00.